The van der Waals surface area contributed by atoms with Gasteiger partial charge in [0.25, 0.3) is 20.0 Å². The highest BCUT2D eigenvalue weighted by Crippen LogP contribution is 2.38. The molecule has 2 aromatic rings. The second kappa shape index (κ2) is 6.97. The van der Waals surface area contributed by atoms with Crippen LogP contribution in [0.2, 0.25) is 0 Å². The van der Waals surface area contributed by atoms with Crippen LogP contribution in [-0.2, 0) is 26.5 Å². The second-order valence-corrected chi connectivity index (χ2v) is 10.1. The molecule has 0 heterocycles. The summed E-state index contributed by atoms with van der Waals surface area (Å²) >= 11 is 0. The molecule has 0 aliphatic heterocycles. The van der Waals surface area contributed by atoms with Gasteiger partial charge < -0.3 is 0 Å². The number of fused-ring (bicyclic) bond motifs is 3. The van der Waals surface area contributed by atoms with Crippen LogP contribution in [0.1, 0.15) is 11.1 Å². The standard InChI is InChI=1S/C17H22N4O4S2/c1-20(2)18-26(22,23)14-5-7-16-12(10-14)9-13-11-15(6-8-17(13)16)27(24,25)19-21(3)4/h5-8,10-11,18-19H,9H2,1-4H3. The van der Waals surface area contributed by atoms with E-state index in [2.05, 4.69) is 9.66 Å². The van der Waals surface area contributed by atoms with Gasteiger partial charge in [-0.1, -0.05) is 12.1 Å². The van der Waals surface area contributed by atoms with Gasteiger partial charge in [0.05, 0.1) is 9.79 Å². The molecule has 3 rings (SSSR count). The minimum absolute atomic E-state index is 0.171. The third-order valence-corrected chi connectivity index (χ3v) is 7.01. The monoisotopic (exact) mass is 410 g/mol. The number of sulfonamides is 2. The Morgan fingerprint density at radius 1 is 0.704 bits per heavy atom. The molecular weight excluding hydrogens is 388 g/mol. The lowest BCUT2D eigenvalue weighted by Gasteiger charge is -2.13. The molecule has 10 heteroatoms. The van der Waals surface area contributed by atoms with E-state index in [1.54, 1.807) is 64.6 Å². The van der Waals surface area contributed by atoms with Crippen molar-refractivity contribution in [2.45, 2.75) is 16.2 Å². The van der Waals surface area contributed by atoms with Gasteiger partial charge in [-0.25, -0.2) is 26.9 Å². The van der Waals surface area contributed by atoms with Crippen molar-refractivity contribution in [3.63, 3.8) is 0 Å². The highest BCUT2D eigenvalue weighted by Gasteiger charge is 2.25. The van der Waals surface area contributed by atoms with E-state index in [0.29, 0.717) is 6.42 Å². The van der Waals surface area contributed by atoms with Crippen molar-refractivity contribution >= 4 is 20.0 Å². The van der Waals surface area contributed by atoms with Crippen LogP contribution in [0.5, 0.6) is 0 Å². The molecule has 1 aliphatic carbocycles. The van der Waals surface area contributed by atoms with Gasteiger partial charge in [0.1, 0.15) is 0 Å². The first-order chi connectivity index (χ1) is 12.5. The Morgan fingerprint density at radius 3 is 1.41 bits per heavy atom. The Morgan fingerprint density at radius 2 is 1.07 bits per heavy atom. The van der Waals surface area contributed by atoms with Crippen molar-refractivity contribution in [3.8, 4) is 11.1 Å². The molecule has 0 spiro atoms. The average Bonchev–Trinajstić information content (AvgIpc) is 2.89. The van der Waals surface area contributed by atoms with Crippen LogP contribution in [0.4, 0.5) is 0 Å². The van der Waals surface area contributed by atoms with E-state index in [4.69, 9.17) is 0 Å². The third kappa shape index (κ3) is 4.05. The topological polar surface area (TPSA) is 98.8 Å². The largest absolute Gasteiger partial charge is 0.253 e. The molecule has 1 aliphatic rings. The van der Waals surface area contributed by atoms with Gasteiger partial charge in [-0.15, -0.1) is 9.66 Å². The molecule has 0 aromatic heterocycles. The first-order valence-corrected chi connectivity index (χ1v) is 11.1. The molecule has 0 saturated carbocycles. The predicted molar refractivity (Wildman–Crippen MR) is 103 cm³/mol. The molecule has 2 aromatic carbocycles. The minimum Gasteiger partial charge on any atom is -0.237 e. The Hall–Kier alpha value is -1.82. The zero-order valence-electron chi connectivity index (χ0n) is 15.5. The maximum absolute atomic E-state index is 12.4. The van der Waals surface area contributed by atoms with Crippen LogP contribution >= 0.6 is 0 Å². The van der Waals surface area contributed by atoms with Crippen molar-refractivity contribution in [1.29, 1.82) is 0 Å². The van der Waals surface area contributed by atoms with E-state index < -0.39 is 20.0 Å². The molecule has 27 heavy (non-hydrogen) atoms. The highest BCUT2D eigenvalue weighted by molar-refractivity contribution is 7.89. The molecule has 0 fully saturated rings. The van der Waals surface area contributed by atoms with Gasteiger partial charge in [0.2, 0.25) is 0 Å². The second-order valence-electron chi connectivity index (χ2n) is 6.79. The zero-order chi connectivity index (χ0) is 20.0. The third-order valence-electron chi connectivity index (χ3n) is 4.05. The SMILES string of the molecule is CN(C)NS(=O)(=O)c1ccc2c(c1)Cc1cc(S(=O)(=O)NN(C)C)ccc1-2. The van der Waals surface area contributed by atoms with Gasteiger partial charge in [0.15, 0.2) is 0 Å². The normalized spacial score (nSPS) is 13.9. The molecule has 0 atom stereocenters. The van der Waals surface area contributed by atoms with Crippen LogP contribution in [0.3, 0.4) is 0 Å². The fraction of sp³-hybridized carbons (Fsp3) is 0.294. The van der Waals surface area contributed by atoms with Crippen molar-refractivity contribution in [3.05, 3.63) is 47.5 Å². The van der Waals surface area contributed by atoms with E-state index in [1.165, 1.54) is 10.0 Å². The Balaban J connectivity index is 1.97. The quantitative estimate of drug-likeness (QED) is 0.583. The smallest absolute Gasteiger partial charge is 0.237 e. The van der Waals surface area contributed by atoms with Crippen LogP contribution in [-0.4, -0.2) is 55.0 Å². The first kappa shape index (κ1) is 19.9. The number of nitrogens with one attached hydrogen (secondary N) is 2. The zero-order valence-corrected chi connectivity index (χ0v) is 17.1. The van der Waals surface area contributed by atoms with Gasteiger partial charge in [-0.2, -0.15) is 0 Å². The number of hydrazine groups is 2. The van der Waals surface area contributed by atoms with Gasteiger partial charge in [-0.3, -0.25) is 0 Å². The molecule has 0 amide bonds. The van der Waals surface area contributed by atoms with E-state index in [9.17, 15) is 16.8 Å². The van der Waals surface area contributed by atoms with Crippen molar-refractivity contribution in [2.75, 3.05) is 28.2 Å². The van der Waals surface area contributed by atoms with Crippen LogP contribution < -0.4 is 9.66 Å². The number of rotatable bonds is 6. The molecular formula is C17H22N4O4S2. The summed E-state index contributed by atoms with van der Waals surface area (Å²) in [6, 6.07) is 9.89. The van der Waals surface area contributed by atoms with Crippen molar-refractivity contribution in [1.82, 2.24) is 19.7 Å². The summed E-state index contributed by atoms with van der Waals surface area (Å²) in [7, 11) is -0.891. The van der Waals surface area contributed by atoms with Gasteiger partial charge >= 0.3 is 0 Å². The molecule has 2 N–H and O–H groups in total. The van der Waals surface area contributed by atoms with Crippen molar-refractivity contribution < 1.29 is 16.8 Å². The Labute approximate surface area is 159 Å². The fourth-order valence-electron chi connectivity index (χ4n) is 3.08. The molecule has 0 radical (unpaired) electrons. The lowest BCUT2D eigenvalue weighted by molar-refractivity contribution is 0.363. The van der Waals surface area contributed by atoms with Gasteiger partial charge in [-0.05, 0) is 52.9 Å². The van der Waals surface area contributed by atoms with Crippen LogP contribution in [0.25, 0.3) is 11.1 Å². The summed E-state index contributed by atoms with van der Waals surface area (Å²) in [6.45, 7) is 0. The summed E-state index contributed by atoms with van der Waals surface area (Å²) < 4.78 is 49.4. The lowest BCUT2D eigenvalue weighted by Crippen LogP contribution is -2.36. The molecule has 0 unspecified atom stereocenters. The van der Waals surface area contributed by atoms with E-state index in [-0.39, 0.29) is 9.79 Å². The van der Waals surface area contributed by atoms with Crippen molar-refractivity contribution in [2.24, 2.45) is 0 Å². The highest BCUT2D eigenvalue weighted by atomic mass is 32.2. The van der Waals surface area contributed by atoms with Crippen LogP contribution in [0, 0.1) is 0 Å². The molecule has 0 saturated heterocycles. The minimum atomic E-state index is -3.65. The summed E-state index contributed by atoms with van der Waals surface area (Å²) in [4.78, 5) is 5.16. The number of hydrogen-bond donors (Lipinski definition) is 2. The number of hydrogen-bond acceptors (Lipinski definition) is 6. The maximum Gasteiger partial charge on any atom is 0.253 e. The predicted octanol–water partition coefficient (Wildman–Crippen LogP) is 0.768. The van der Waals surface area contributed by atoms with E-state index in [0.717, 1.165) is 22.3 Å². The number of benzene rings is 2. The Bertz CT molecular complexity index is 1010. The number of nitrogens with zero attached hydrogens (tertiary/aromatic N) is 2. The first-order valence-electron chi connectivity index (χ1n) is 8.15. The summed E-state index contributed by atoms with van der Waals surface area (Å²) in [5.41, 5.74) is 3.53. The average molecular weight is 411 g/mol. The maximum atomic E-state index is 12.4. The van der Waals surface area contributed by atoms with Crippen LogP contribution in [0.15, 0.2) is 46.2 Å². The van der Waals surface area contributed by atoms with Gasteiger partial charge in [0, 0.05) is 28.2 Å². The summed E-state index contributed by atoms with van der Waals surface area (Å²) in [5.74, 6) is 0. The summed E-state index contributed by atoms with van der Waals surface area (Å²) in [5, 5.41) is 2.73. The molecule has 8 nitrogen and oxygen atoms in total. The fourth-order valence-corrected chi connectivity index (χ4v) is 5.35. The van der Waals surface area contributed by atoms with E-state index >= 15 is 0 Å². The molecule has 146 valence electrons. The molecule has 0 bridgehead atoms. The summed E-state index contributed by atoms with van der Waals surface area (Å²) in [6.07, 6.45) is 0.474. The lowest BCUT2D eigenvalue weighted by atomic mass is 10.1. The Kier molecular flexibility index (Phi) is 5.14. The van der Waals surface area contributed by atoms with E-state index in [1.807, 2.05) is 0 Å².